The number of nitrogens with one attached hydrogen (secondary N) is 1. The van der Waals surface area contributed by atoms with Crippen LogP contribution in [0.25, 0.3) is 0 Å². The number of nitriles is 1. The lowest BCUT2D eigenvalue weighted by atomic mass is 9.57. The van der Waals surface area contributed by atoms with Crippen molar-refractivity contribution in [1.82, 2.24) is 14.9 Å². The quantitative estimate of drug-likeness (QED) is 0.652. The molecule has 34 heavy (non-hydrogen) atoms. The van der Waals surface area contributed by atoms with Crippen LogP contribution in [0.5, 0.6) is 5.88 Å². The van der Waals surface area contributed by atoms with Crippen LogP contribution in [-0.2, 0) is 9.47 Å². The fraction of sp³-hybridized carbons (Fsp3) is 0.478. The van der Waals surface area contributed by atoms with Crippen LogP contribution in [0.3, 0.4) is 0 Å². The predicted molar refractivity (Wildman–Crippen MR) is 124 cm³/mol. The summed E-state index contributed by atoms with van der Waals surface area (Å²) in [5.41, 5.74) is 0.0349. The molecule has 1 spiro atoms. The molecule has 1 amide bonds. The predicted octanol–water partition coefficient (Wildman–Crippen LogP) is 4.41. The molecule has 1 saturated carbocycles. The Hall–Kier alpha value is -2.80. The van der Waals surface area contributed by atoms with E-state index in [1.165, 1.54) is 6.33 Å². The number of amides is 1. The van der Waals surface area contributed by atoms with Crippen molar-refractivity contribution < 1.29 is 19.0 Å². The van der Waals surface area contributed by atoms with Gasteiger partial charge in [-0.1, -0.05) is 23.2 Å². The number of carbonyl (C=O) groups is 1. The molecule has 1 aromatic heterocycles. The summed E-state index contributed by atoms with van der Waals surface area (Å²) in [6.07, 6.45) is 0.807. The van der Waals surface area contributed by atoms with Crippen LogP contribution >= 0.6 is 23.2 Å². The standard InChI is InChI=1S/C23H23Cl2N5O4/c1-22(2,3)34-21(31)30-8-13-18(14-9-32-23(13,14)10-30)33-20-17(25)19(27-11-28-20)29-16-5-4-12(7-26)6-15(16)24/h4-6,11,13-14,18H,8-10H2,1-3H3,(H,27,28,29). The monoisotopic (exact) mass is 503 g/mol. The van der Waals surface area contributed by atoms with Crippen molar-refractivity contribution in [1.29, 1.82) is 5.26 Å². The zero-order valence-corrected chi connectivity index (χ0v) is 20.4. The van der Waals surface area contributed by atoms with Gasteiger partial charge in [-0.25, -0.2) is 14.8 Å². The molecule has 2 aromatic rings. The number of hydrogen-bond acceptors (Lipinski definition) is 8. The Morgan fingerprint density at radius 3 is 2.76 bits per heavy atom. The Morgan fingerprint density at radius 1 is 1.32 bits per heavy atom. The number of halogens is 2. The normalized spacial score (nSPS) is 26.9. The minimum atomic E-state index is -0.568. The van der Waals surface area contributed by atoms with Gasteiger partial charge in [0, 0.05) is 12.5 Å². The van der Waals surface area contributed by atoms with E-state index in [0.717, 1.165) is 0 Å². The van der Waals surface area contributed by atoms with Crippen molar-refractivity contribution in [3.8, 4) is 11.9 Å². The number of aromatic nitrogens is 2. The smallest absolute Gasteiger partial charge is 0.410 e. The van der Waals surface area contributed by atoms with E-state index in [9.17, 15) is 4.79 Å². The van der Waals surface area contributed by atoms with Crippen LogP contribution in [0.15, 0.2) is 24.5 Å². The largest absolute Gasteiger partial charge is 0.472 e. The van der Waals surface area contributed by atoms with E-state index in [1.807, 2.05) is 26.8 Å². The van der Waals surface area contributed by atoms with Crippen molar-refractivity contribution in [2.75, 3.05) is 25.0 Å². The lowest BCUT2D eigenvalue weighted by molar-refractivity contribution is -0.323. The minimum Gasteiger partial charge on any atom is -0.472 e. The lowest BCUT2D eigenvalue weighted by Gasteiger charge is -2.63. The number of nitrogens with zero attached hydrogens (tertiary/aromatic N) is 4. The molecule has 1 aliphatic carbocycles. The van der Waals surface area contributed by atoms with Crippen LogP contribution in [0.2, 0.25) is 10.0 Å². The fourth-order valence-corrected chi connectivity index (χ4v) is 5.24. The van der Waals surface area contributed by atoms with E-state index in [0.29, 0.717) is 41.8 Å². The first kappa shape index (κ1) is 23.0. The third-order valence-corrected chi connectivity index (χ3v) is 7.10. The van der Waals surface area contributed by atoms with Gasteiger partial charge in [0.25, 0.3) is 0 Å². The molecule has 3 heterocycles. The summed E-state index contributed by atoms with van der Waals surface area (Å²) in [5, 5.41) is 12.7. The number of hydrogen-bond donors (Lipinski definition) is 1. The molecule has 0 radical (unpaired) electrons. The second-order valence-electron chi connectivity index (χ2n) is 9.70. The van der Waals surface area contributed by atoms with E-state index in [2.05, 4.69) is 15.3 Å². The van der Waals surface area contributed by atoms with E-state index in [1.54, 1.807) is 23.1 Å². The highest BCUT2D eigenvalue weighted by Crippen LogP contribution is 2.59. The zero-order valence-electron chi connectivity index (χ0n) is 18.8. The van der Waals surface area contributed by atoms with Gasteiger partial charge in [-0.15, -0.1) is 0 Å². The summed E-state index contributed by atoms with van der Waals surface area (Å²) in [4.78, 5) is 22.7. The molecule has 11 heteroatoms. The number of benzene rings is 1. The maximum atomic E-state index is 12.6. The van der Waals surface area contributed by atoms with Gasteiger partial charge in [0.05, 0.1) is 41.4 Å². The summed E-state index contributed by atoms with van der Waals surface area (Å²) in [7, 11) is 0. The van der Waals surface area contributed by atoms with Gasteiger partial charge in [0.2, 0.25) is 5.88 Å². The van der Waals surface area contributed by atoms with E-state index >= 15 is 0 Å². The average molecular weight is 504 g/mol. The SMILES string of the molecule is CC(C)(C)OC(=O)N1CC2C(Oc3ncnc(Nc4ccc(C#N)cc4Cl)c3Cl)C3COC32C1. The first-order chi connectivity index (χ1) is 16.1. The van der Waals surface area contributed by atoms with Gasteiger partial charge in [0.15, 0.2) is 5.82 Å². The molecule has 4 atom stereocenters. The van der Waals surface area contributed by atoms with Crippen molar-refractivity contribution in [2.45, 2.75) is 38.1 Å². The molecule has 5 rings (SSSR count). The molecule has 3 fully saturated rings. The molecule has 2 aliphatic heterocycles. The Bertz CT molecular complexity index is 1200. The highest BCUT2D eigenvalue weighted by atomic mass is 35.5. The van der Waals surface area contributed by atoms with Crippen LogP contribution in [0.1, 0.15) is 26.3 Å². The Labute approximate surface area is 206 Å². The fourth-order valence-electron chi connectivity index (χ4n) is 4.82. The zero-order chi connectivity index (χ0) is 24.3. The van der Waals surface area contributed by atoms with Gasteiger partial charge in [-0.05, 0) is 39.0 Å². The maximum Gasteiger partial charge on any atom is 0.410 e. The van der Waals surface area contributed by atoms with Gasteiger partial charge in [-0.2, -0.15) is 5.26 Å². The van der Waals surface area contributed by atoms with Gasteiger partial charge in [0.1, 0.15) is 28.7 Å². The topological polar surface area (TPSA) is 110 Å². The van der Waals surface area contributed by atoms with E-state index < -0.39 is 11.2 Å². The number of carbonyl (C=O) groups excluding carboxylic acids is 1. The number of rotatable bonds is 4. The summed E-state index contributed by atoms with van der Waals surface area (Å²) in [6.45, 7) is 7.05. The third-order valence-electron chi connectivity index (χ3n) is 6.44. The molecule has 1 N–H and O–H groups in total. The average Bonchev–Trinajstić information content (AvgIpc) is 3.16. The lowest BCUT2D eigenvalue weighted by Crippen LogP contribution is -2.76. The van der Waals surface area contributed by atoms with Crippen LogP contribution in [-0.4, -0.2) is 58.0 Å². The summed E-state index contributed by atoms with van der Waals surface area (Å²) in [6, 6.07) is 6.91. The number of anilines is 2. The van der Waals surface area contributed by atoms with Crippen molar-refractivity contribution >= 4 is 40.8 Å². The van der Waals surface area contributed by atoms with Crippen molar-refractivity contribution in [3.63, 3.8) is 0 Å². The molecule has 1 aromatic carbocycles. The Balaban J connectivity index is 1.30. The summed E-state index contributed by atoms with van der Waals surface area (Å²) in [5.74, 6) is 0.704. The molecular weight excluding hydrogens is 481 g/mol. The summed E-state index contributed by atoms with van der Waals surface area (Å²) < 4.78 is 17.7. The maximum absolute atomic E-state index is 12.6. The molecule has 4 unspecified atom stereocenters. The number of likely N-dealkylation sites (tertiary alicyclic amines) is 1. The molecule has 9 nitrogen and oxygen atoms in total. The first-order valence-electron chi connectivity index (χ1n) is 10.9. The van der Waals surface area contributed by atoms with Gasteiger partial charge < -0.3 is 24.4 Å². The third kappa shape index (κ3) is 3.80. The second kappa shape index (κ2) is 8.15. The van der Waals surface area contributed by atoms with Gasteiger partial charge >= 0.3 is 6.09 Å². The number of ether oxygens (including phenoxy) is 3. The van der Waals surface area contributed by atoms with Gasteiger partial charge in [-0.3, -0.25) is 0 Å². The van der Waals surface area contributed by atoms with Crippen LogP contribution < -0.4 is 10.1 Å². The minimum absolute atomic E-state index is 0.00539. The van der Waals surface area contributed by atoms with E-state index in [-0.39, 0.29) is 34.9 Å². The molecule has 3 aliphatic rings. The summed E-state index contributed by atoms with van der Waals surface area (Å²) >= 11 is 12.8. The molecule has 2 saturated heterocycles. The Kier molecular flexibility index (Phi) is 5.51. The molecule has 0 bridgehead atoms. The van der Waals surface area contributed by atoms with E-state index in [4.69, 9.17) is 42.7 Å². The second-order valence-corrected chi connectivity index (χ2v) is 10.5. The van der Waals surface area contributed by atoms with Crippen LogP contribution in [0.4, 0.5) is 16.3 Å². The highest BCUT2D eigenvalue weighted by Gasteiger charge is 2.74. The Morgan fingerprint density at radius 2 is 2.12 bits per heavy atom. The van der Waals surface area contributed by atoms with Crippen molar-refractivity contribution in [2.24, 2.45) is 11.8 Å². The van der Waals surface area contributed by atoms with Crippen LogP contribution in [0, 0.1) is 23.2 Å². The highest BCUT2D eigenvalue weighted by molar-refractivity contribution is 6.35. The molecular formula is C23H23Cl2N5O4. The first-order valence-corrected chi connectivity index (χ1v) is 11.6. The molecule has 178 valence electrons. The van der Waals surface area contributed by atoms with Crippen molar-refractivity contribution in [3.05, 3.63) is 40.1 Å².